The molecule has 5 heteroatoms. The summed E-state index contributed by atoms with van der Waals surface area (Å²) in [6.45, 7) is 4.02. The fourth-order valence-corrected chi connectivity index (χ4v) is 4.02. The first-order chi connectivity index (χ1) is 17.1. The van der Waals surface area contributed by atoms with Gasteiger partial charge in [-0.3, -0.25) is 9.59 Å². The van der Waals surface area contributed by atoms with Crippen molar-refractivity contribution in [3.63, 3.8) is 0 Å². The van der Waals surface area contributed by atoms with Crippen molar-refractivity contribution in [2.45, 2.75) is 155 Å². The van der Waals surface area contributed by atoms with E-state index >= 15 is 0 Å². The second-order valence-corrected chi connectivity index (χ2v) is 9.83. The molecule has 35 heavy (non-hydrogen) atoms. The first-order valence-electron chi connectivity index (χ1n) is 14.7. The standard InChI is InChI=1S/C30H56O5/c1-3-5-7-9-10-11-12-13-14-15-16-17-18-19-21-23-25-30(33)35-28(26-31)27-34-29(32)24-22-20-8-6-4-2/h14-15,28,31H,3-13,16-27H2,1-2H3/b15-14-. The summed E-state index contributed by atoms with van der Waals surface area (Å²) in [7, 11) is 0. The van der Waals surface area contributed by atoms with Crippen molar-refractivity contribution < 1.29 is 24.2 Å². The van der Waals surface area contributed by atoms with Gasteiger partial charge in [0, 0.05) is 12.8 Å². The molecule has 0 aliphatic carbocycles. The third kappa shape index (κ3) is 25.5. The second kappa shape index (κ2) is 27.2. The van der Waals surface area contributed by atoms with Crippen LogP contribution in [0.2, 0.25) is 0 Å². The highest BCUT2D eigenvalue weighted by atomic mass is 16.6. The van der Waals surface area contributed by atoms with Crippen LogP contribution >= 0.6 is 0 Å². The lowest BCUT2D eigenvalue weighted by Crippen LogP contribution is -2.28. The molecule has 0 aromatic carbocycles. The number of carbonyl (C=O) groups excluding carboxylic acids is 2. The number of aliphatic hydroxyl groups is 1. The molecule has 1 N–H and O–H groups in total. The Kier molecular flexibility index (Phi) is 26.2. The van der Waals surface area contributed by atoms with Crippen molar-refractivity contribution in [1.82, 2.24) is 0 Å². The van der Waals surface area contributed by atoms with Gasteiger partial charge in [-0.1, -0.05) is 109 Å². The number of allylic oxidation sites excluding steroid dienone is 2. The SMILES string of the molecule is CCCCCCCCC/C=C\CCCCCCCC(=O)OC(CO)COC(=O)CCCCCCC. The molecule has 0 aliphatic heterocycles. The maximum Gasteiger partial charge on any atom is 0.306 e. The van der Waals surface area contributed by atoms with Crippen LogP contribution in [-0.2, 0) is 19.1 Å². The zero-order chi connectivity index (χ0) is 25.8. The molecule has 0 fully saturated rings. The lowest BCUT2D eigenvalue weighted by Gasteiger charge is -2.15. The summed E-state index contributed by atoms with van der Waals surface area (Å²) in [6, 6.07) is 0. The van der Waals surface area contributed by atoms with E-state index in [0.717, 1.165) is 44.9 Å². The van der Waals surface area contributed by atoms with Gasteiger partial charge in [0.1, 0.15) is 6.61 Å². The van der Waals surface area contributed by atoms with Crippen molar-refractivity contribution in [1.29, 1.82) is 0 Å². The van der Waals surface area contributed by atoms with Gasteiger partial charge in [0.05, 0.1) is 6.61 Å². The quantitative estimate of drug-likeness (QED) is 0.0741. The fraction of sp³-hybridized carbons (Fsp3) is 0.867. The van der Waals surface area contributed by atoms with Crippen molar-refractivity contribution >= 4 is 11.9 Å². The summed E-state index contributed by atoms with van der Waals surface area (Å²) in [6.07, 6.45) is 27.2. The third-order valence-corrected chi connectivity index (χ3v) is 6.31. The molecule has 0 aromatic rings. The Labute approximate surface area is 216 Å². The van der Waals surface area contributed by atoms with Gasteiger partial charge in [-0.25, -0.2) is 0 Å². The molecule has 0 bridgehead atoms. The molecule has 0 heterocycles. The van der Waals surface area contributed by atoms with Crippen LogP contribution in [0.25, 0.3) is 0 Å². The molecule has 1 atom stereocenters. The number of esters is 2. The van der Waals surface area contributed by atoms with Crippen LogP contribution in [0.5, 0.6) is 0 Å². The van der Waals surface area contributed by atoms with Gasteiger partial charge in [0.2, 0.25) is 0 Å². The summed E-state index contributed by atoms with van der Waals surface area (Å²) in [5.41, 5.74) is 0. The predicted octanol–water partition coefficient (Wildman–Crippen LogP) is 8.22. The maximum atomic E-state index is 12.0. The Morgan fingerprint density at radius 1 is 0.629 bits per heavy atom. The van der Waals surface area contributed by atoms with E-state index in [1.807, 2.05) is 0 Å². The van der Waals surface area contributed by atoms with Gasteiger partial charge >= 0.3 is 11.9 Å². The topological polar surface area (TPSA) is 72.8 Å². The molecule has 0 amide bonds. The van der Waals surface area contributed by atoms with Gasteiger partial charge in [0.15, 0.2) is 6.10 Å². The lowest BCUT2D eigenvalue weighted by molar-refractivity contribution is -0.161. The van der Waals surface area contributed by atoms with Gasteiger partial charge in [-0.05, 0) is 38.5 Å². The number of rotatable bonds is 26. The lowest BCUT2D eigenvalue weighted by atomic mass is 10.1. The zero-order valence-electron chi connectivity index (χ0n) is 23.1. The van der Waals surface area contributed by atoms with E-state index in [1.54, 1.807) is 0 Å². The maximum absolute atomic E-state index is 12.0. The minimum absolute atomic E-state index is 0.0670. The molecule has 0 saturated heterocycles. The van der Waals surface area contributed by atoms with Crippen LogP contribution in [0, 0.1) is 0 Å². The van der Waals surface area contributed by atoms with Crippen LogP contribution in [0.1, 0.15) is 149 Å². The van der Waals surface area contributed by atoms with Crippen LogP contribution < -0.4 is 0 Å². The predicted molar refractivity (Wildman–Crippen MR) is 145 cm³/mol. The van der Waals surface area contributed by atoms with Crippen LogP contribution in [0.4, 0.5) is 0 Å². The van der Waals surface area contributed by atoms with Gasteiger partial charge in [0.25, 0.3) is 0 Å². The van der Waals surface area contributed by atoms with E-state index in [1.165, 1.54) is 77.0 Å². The Morgan fingerprint density at radius 3 is 1.54 bits per heavy atom. The number of ether oxygens (including phenoxy) is 2. The molecule has 206 valence electrons. The van der Waals surface area contributed by atoms with Crippen molar-refractivity contribution in [3.05, 3.63) is 12.2 Å². The van der Waals surface area contributed by atoms with E-state index < -0.39 is 6.10 Å². The molecule has 5 nitrogen and oxygen atoms in total. The molecule has 0 aromatic heterocycles. The normalized spacial score (nSPS) is 12.2. The van der Waals surface area contributed by atoms with Crippen molar-refractivity contribution in [3.8, 4) is 0 Å². The van der Waals surface area contributed by atoms with E-state index in [9.17, 15) is 14.7 Å². The monoisotopic (exact) mass is 496 g/mol. The smallest absolute Gasteiger partial charge is 0.306 e. The van der Waals surface area contributed by atoms with Crippen LogP contribution in [0.3, 0.4) is 0 Å². The van der Waals surface area contributed by atoms with Gasteiger partial charge < -0.3 is 14.6 Å². The first-order valence-corrected chi connectivity index (χ1v) is 14.7. The number of carbonyl (C=O) groups is 2. The Hall–Kier alpha value is -1.36. The number of hydrogen-bond acceptors (Lipinski definition) is 5. The van der Waals surface area contributed by atoms with Gasteiger partial charge in [-0.2, -0.15) is 0 Å². The van der Waals surface area contributed by atoms with Crippen molar-refractivity contribution in [2.75, 3.05) is 13.2 Å². The van der Waals surface area contributed by atoms with E-state index in [4.69, 9.17) is 9.47 Å². The summed E-state index contributed by atoms with van der Waals surface area (Å²) < 4.78 is 10.4. The minimum Gasteiger partial charge on any atom is -0.462 e. The van der Waals surface area contributed by atoms with E-state index in [-0.39, 0.29) is 25.2 Å². The third-order valence-electron chi connectivity index (χ3n) is 6.31. The Balaban J connectivity index is 3.56. The van der Waals surface area contributed by atoms with Crippen molar-refractivity contribution in [2.24, 2.45) is 0 Å². The summed E-state index contributed by atoms with van der Waals surface area (Å²) in [5, 5.41) is 9.40. The van der Waals surface area contributed by atoms with E-state index in [0.29, 0.717) is 12.8 Å². The largest absolute Gasteiger partial charge is 0.462 e. The molecular formula is C30H56O5. The Morgan fingerprint density at radius 2 is 1.06 bits per heavy atom. The number of hydrogen-bond donors (Lipinski definition) is 1. The highest BCUT2D eigenvalue weighted by Gasteiger charge is 2.16. The van der Waals surface area contributed by atoms with E-state index in [2.05, 4.69) is 26.0 Å². The molecule has 0 spiro atoms. The second-order valence-electron chi connectivity index (χ2n) is 9.83. The molecule has 0 saturated carbocycles. The molecule has 1 unspecified atom stereocenters. The van der Waals surface area contributed by atoms with Crippen LogP contribution in [-0.4, -0.2) is 36.4 Å². The Bertz CT molecular complexity index is 503. The summed E-state index contributed by atoms with van der Waals surface area (Å²) in [5.74, 6) is -0.614. The highest BCUT2D eigenvalue weighted by molar-refractivity contribution is 5.70. The molecule has 0 aliphatic rings. The fourth-order valence-electron chi connectivity index (χ4n) is 4.02. The summed E-state index contributed by atoms with van der Waals surface area (Å²) >= 11 is 0. The van der Waals surface area contributed by atoms with Gasteiger partial charge in [-0.15, -0.1) is 0 Å². The highest BCUT2D eigenvalue weighted by Crippen LogP contribution is 2.11. The number of unbranched alkanes of at least 4 members (excludes halogenated alkanes) is 16. The molecule has 0 radical (unpaired) electrons. The average Bonchev–Trinajstić information content (AvgIpc) is 2.86. The zero-order valence-corrected chi connectivity index (χ0v) is 23.1. The summed E-state index contributed by atoms with van der Waals surface area (Å²) in [4.78, 5) is 23.8. The molecular weight excluding hydrogens is 440 g/mol. The number of aliphatic hydroxyl groups excluding tert-OH is 1. The first kappa shape index (κ1) is 33.6. The molecule has 0 rings (SSSR count). The average molecular weight is 497 g/mol. The van der Waals surface area contributed by atoms with Crippen LogP contribution in [0.15, 0.2) is 12.2 Å². The minimum atomic E-state index is -0.764.